The molecular formula is C12H17N3OS. The van der Waals surface area contributed by atoms with Crippen LogP contribution in [0.1, 0.15) is 19.7 Å². The summed E-state index contributed by atoms with van der Waals surface area (Å²) in [5, 5.41) is 9.61. The Hall–Kier alpha value is -1.20. The number of rotatable bonds is 4. The molecule has 0 aliphatic carbocycles. The number of anilines is 1. The van der Waals surface area contributed by atoms with Gasteiger partial charge in [0.1, 0.15) is 5.82 Å². The number of fused-ring (bicyclic) bond motifs is 1. The summed E-state index contributed by atoms with van der Waals surface area (Å²) in [5.41, 5.74) is 8.34. The molecule has 92 valence electrons. The van der Waals surface area contributed by atoms with Gasteiger partial charge in [-0.15, -0.1) is 11.8 Å². The Morgan fingerprint density at radius 2 is 2.24 bits per heavy atom. The van der Waals surface area contributed by atoms with Gasteiger partial charge >= 0.3 is 0 Å². The highest BCUT2D eigenvalue weighted by molar-refractivity contribution is 7.99. The van der Waals surface area contributed by atoms with Crippen LogP contribution in [0.15, 0.2) is 18.2 Å². The van der Waals surface area contributed by atoms with Crippen LogP contribution in [0, 0.1) is 0 Å². The molecule has 2 atom stereocenters. The minimum Gasteiger partial charge on any atom is -0.399 e. The average molecular weight is 251 g/mol. The molecule has 17 heavy (non-hydrogen) atoms. The molecule has 2 rings (SSSR count). The quantitative estimate of drug-likeness (QED) is 0.728. The number of nitrogens with zero attached hydrogens (tertiary/aromatic N) is 1. The molecule has 2 unspecified atom stereocenters. The summed E-state index contributed by atoms with van der Waals surface area (Å²) in [6.45, 7) is 3.81. The van der Waals surface area contributed by atoms with Gasteiger partial charge in [-0.3, -0.25) is 0 Å². The highest BCUT2D eigenvalue weighted by atomic mass is 32.2. The highest BCUT2D eigenvalue weighted by Gasteiger charge is 2.10. The Kier molecular flexibility index (Phi) is 3.59. The predicted octanol–water partition coefficient (Wildman–Crippen LogP) is 2.15. The van der Waals surface area contributed by atoms with Crippen LogP contribution in [0.2, 0.25) is 0 Å². The number of hydrogen-bond donors (Lipinski definition) is 3. The lowest BCUT2D eigenvalue weighted by molar-refractivity contribution is 0.196. The van der Waals surface area contributed by atoms with Crippen molar-refractivity contribution in [1.82, 2.24) is 9.97 Å². The van der Waals surface area contributed by atoms with Crippen LogP contribution in [0.5, 0.6) is 0 Å². The molecular weight excluding hydrogens is 234 g/mol. The van der Waals surface area contributed by atoms with Gasteiger partial charge < -0.3 is 15.8 Å². The maximum absolute atomic E-state index is 9.41. The smallest absolute Gasteiger partial charge is 0.117 e. The lowest BCUT2D eigenvalue weighted by atomic mass is 10.3. The Labute approximate surface area is 105 Å². The monoisotopic (exact) mass is 251 g/mol. The maximum atomic E-state index is 9.41. The zero-order valence-electron chi connectivity index (χ0n) is 9.97. The van der Waals surface area contributed by atoms with E-state index in [2.05, 4.69) is 9.97 Å². The fourth-order valence-electron chi connectivity index (χ4n) is 1.50. The van der Waals surface area contributed by atoms with Crippen molar-refractivity contribution in [1.29, 1.82) is 0 Å². The van der Waals surface area contributed by atoms with Crippen LogP contribution in [0.3, 0.4) is 0 Å². The first kappa shape index (κ1) is 12.3. The van der Waals surface area contributed by atoms with Crippen LogP contribution in [-0.2, 0) is 5.75 Å². The molecule has 2 aromatic rings. The minimum absolute atomic E-state index is 0.202. The molecule has 0 saturated carbocycles. The number of benzene rings is 1. The van der Waals surface area contributed by atoms with E-state index in [1.807, 2.05) is 25.1 Å². The highest BCUT2D eigenvalue weighted by Crippen LogP contribution is 2.21. The first-order chi connectivity index (χ1) is 8.06. The molecule has 4 N–H and O–H groups in total. The second kappa shape index (κ2) is 4.98. The van der Waals surface area contributed by atoms with Crippen LogP contribution < -0.4 is 5.73 Å². The zero-order valence-corrected chi connectivity index (χ0v) is 10.8. The summed E-state index contributed by atoms with van der Waals surface area (Å²) >= 11 is 1.68. The Morgan fingerprint density at radius 1 is 1.47 bits per heavy atom. The third-order valence-electron chi connectivity index (χ3n) is 2.72. The third kappa shape index (κ3) is 2.92. The fraction of sp³-hybridized carbons (Fsp3) is 0.417. The summed E-state index contributed by atoms with van der Waals surface area (Å²) in [7, 11) is 0. The molecule has 0 amide bonds. The number of nitrogens with two attached hydrogens (primary N) is 1. The van der Waals surface area contributed by atoms with E-state index in [1.165, 1.54) is 0 Å². The summed E-state index contributed by atoms with van der Waals surface area (Å²) in [6.07, 6.45) is -0.306. The first-order valence-electron chi connectivity index (χ1n) is 5.60. The number of imidazole rings is 1. The standard InChI is InChI=1S/C12H17N3OS/c1-7(16)8(2)17-6-12-14-10-4-3-9(13)5-11(10)15-12/h3-5,7-8,16H,6,13H2,1-2H3,(H,14,15). The van der Waals surface area contributed by atoms with Gasteiger partial charge in [0.15, 0.2) is 0 Å². The van der Waals surface area contributed by atoms with E-state index in [1.54, 1.807) is 18.7 Å². The average Bonchev–Trinajstić information content (AvgIpc) is 2.67. The number of hydrogen-bond acceptors (Lipinski definition) is 4. The summed E-state index contributed by atoms with van der Waals surface area (Å²) < 4.78 is 0. The van der Waals surface area contributed by atoms with Crippen molar-refractivity contribution in [2.75, 3.05) is 5.73 Å². The molecule has 1 aromatic heterocycles. The molecule has 0 saturated heterocycles. The number of thioether (sulfide) groups is 1. The van der Waals surface area contributed by atoms with Crippen molar-refractivity contribution >= 4 is 28.5 Å². The molecule has 0 radical (unpaired) electrons. The van der Waals surface area contributed by atoms with Gasteiger partial charge in [-0.1, -0.05) is 6.92 Å². The number of aromatic nitrogens is 2. The molecule has 0 aliphatic heterocycles. The van der Waals surface area contributed by atoms with Crippen molar-refractivity contribution in [2.24, 2.45) is 0 Å². The Bertz CT molecular complexity index is 509. The van der Waals surface area contributed by atoms with E-state index >= 15 is 0 Å². The van der Waals surface area contributed by atoms with Crippen LogP contribution >= 0.6 is 11.8 Å². The van der Waals surface area contributed by atoms with Crippen LogP contribution in [0.25, 0.3) is 11.0 Å². The van der Waals surface area contributed by atoms with E-state index in [4.69, 9.17) is 5.73 Å². The minimum atomic E-state index is -0.306. The first-order valence-corrected chi connectivity index (χ1v) is 6.65. The Morgan fingerprint density at radius 3 is 2.94 bits per heavy atom. The van der Waals surface area contributed by atoms with E-state index in [0.29, 0.717) is 0 Å². The molecule has 1 heterocycles. The SMILES string of the molecule is CC(O)C(C)SCc1nc2ccc(N)cc2[nH]1. The number of H-pyrrole nitrogens is 1. The normalized spacial score (nSPS) is 15.0. The van der Waals surface area contributed by atoms with Gasteiger partial charge in [-0.25, -0.2) is 4.98 Å². The summed E-state index contributed by atoms with van der Waals surface area (Å²) in [4.78, 5) is 7.71. The van der Waals surface area contributed by atoms with Gasteiger partial charge in [0, 0.05) is 10.9 Å². The zero-order chi connectivity index (χ0) is 12.4. The topological polar surface area (TPSA) is 74.9 Å². The Balaban J connectivity index is 2.09. The molecule has 0 fully saturated rings. The van der Waals surface area contributed by atoms with E-state index in [-0.39, 0.29) is 11.4 Å². The number of aliphatic hydroxyl groups excluding tert-OH is 1. The molecule has 4 nitrogen and oxygen atoms in total. The van der Waals surface area contributed by atoms with Crippen LogP contribution in [-0.4, -0.2) is 26.4 Å². The van der Waals surface area contributed by atoms with Gasteiger partial charge in [0.25, 0.3) is 0 Å². The largest absolute Gasteiger partial charge is 0.399 e. The summed E-state index contributed by atoms with van der Waals surface area (Å²) in [6, 6.07) is 5.64. The second-order valence-corrected chi connectivity index (χ2v) is 5.58. The molecule has 1 aromatic carbocycles. The van der Waals surface area contributed by atoms with Gasteiger partial charge in [-0.05, 0) is 25.1 Å². The van der Waals surface area contributed by atoms with Crippen molar-refractivity contribution in [3.63, 3.8) is 0 Å². The van der Waals surface area contributed by atoms with Crippen molar-refractivity contribution in [3.05, 3.63) is 24.0 Å². The number of aromatic amines is 1. The van der Waals surface area contributed by atoms with Gasteiger partial charge in [0.05, 0.1) is 22.9 Å². The van der Waals surface area contributed by atoms with Crippen molar-refractivity contribution in [2.45, 2.75) is 31.0 Å². The van der Waals surface area contributed by atoms with Gasteiger partial charge in [0.2, 0.25) is 0 Å². The fourth-order valence-corrected chi connectivity index (χ4v) is 2.33. The van der Waals surface area contributed by atoms with Crippen molar-refractivity contribution in [3.8, 4) is 0 Å². The van der Waals surface area contributed by atoms with Crippen molar-refractivity contribution < 1.29 is 5.11 Å². The second-order valence-electron chi connectivity index (χ2n) is 4.22. The van der Waals surface area contributed by atoms with E-state index < -0.39 is 0 Å². The number of nitrogens with one attached hydrogen (secondary N) is 1. The summed E-state index contributed by atoms with van der Waals surface area (Å²) in [5.74, 6) is 1.68. The van der Waals surface area contributed by atoms with Gasteiger partial charge in [-0.2, -0.15) is 0 Å². The lowest BCUT2D eigenvalue weighted by Gasteiger charge is -2.12. The predicted molar refractivity (Wildman–Crippen MR) is 72.9 cm³/mol. The number of aliphatic hydroxyl groups is 1. The lowest BCUT2D eigenvalue weighted by Crippen LogP contribution is -2.15. The van der Waals surface area contributed by atoms with E-state index in [9.17, 15) is 5.11 Å². The third-order valence-corrected chi connectivity index (χ3v) is 4.08. The van der Waals surface area contributed by atoms with E-state index in [0.717, 1.165) is 28.3 Å². The van der Waals surface area contributed by atoms with Crippen LogP contribution in [0.4, 0.5) is 5.69 Å². The molecule has 0 aliphatic rings. The molecule has 0 spiro atoms. The molecule has 5 heteroatoms. The molecule has 0 bridgehead atoms. The maximum Gasteiger partial charge on any atom is 0.117 e. The number of nitrogen functional groups attached to an aromatic ring is 1.